The molecule has 138 valence electrons. The minimum absolute atomic E-state index is 0.156. The third-order valence-electron chi connectivity index (χ3n) is 4.71. The molecule has 6 nitrogen and oxygen atoms in total. The fourth-order valence-corrected chi connectivity index (χ4v) is 3.31. The summed E-state index contributed by atoms with van der Waals surface area (Å²) in [5.74, 6) is 0.138. The number of ether oxygens (including phenoxy) is 3. The van der Waals surface area contributed by atoms with E-state index in [2.05, 4.69) is 0 Å². The molecule has 0 bridgehead atoms. The van der Waals surface area contributed by atoms with Crippen molar-refractivity contribution in [2.75, 3.05) is 14.2 Å². The zero-order valence-corrected chi connectivity index (χ0v) is 15.6. The first-order valence-corrected chi connectivity index (χ1v) is 8.64. The highest BCUT2D eigenvalue weighted by Crippen LogP contribution is 2.26. The largest absolute Gasteiger partial charge is 0.497 e. The summed E-state index contributed by atoms with van der Waals surface area (Å²) in [5.41, 5.74) is 0.237. The lowest BCUT2D eigenvalue weighted by molar-refractivity contribution is -0.146. The zero-order chi connectivity index (χ0) is 18.6. The number of esters is 1. The monoisotopic (exact) mass is 349 g/mol. The Bertz CT molecular complexity index is 620. The average molecular weight is 349 g/mol. The van der Waals surface area contributed by atoms with Crippen molar-refractivity contribution in [1.29, 1.82) is 0 Å². The van der Waals surface area contributed by atoms with Crippen LogP contribution in [0.5, 0.6) is 11.5 Å². The van der Waals surface area contributed by atoms with Crippen LogP contribution in [0.1, 0.15) is 50.4 Å². The number of methoxy groups -OCH3 is 2. The number of amides is 1. The minimum atomic E-state index is -0.855. The van der Waals surface area contributed by atoms with Gasteiger partial charge in [0, 0.05) is 12.1 Å². The van der Waals surface area contributed by atoms with E-state index in [1.165, 1.54) is 14.2 Å². The summed E-state index contributed by atoms with van der Waals surface area (Å²) < 4.78 is 15.8. The van der Waals surface area contributed by atoms with Crippen molar-refractivity contribution in [1.82, 2.24) is 4.90 Å². The molecule has 1 heterocycles. The number of likely N-dealkylation sites (tertiary alicyclic amines) is 1. The van der Waals surface area contributed by atoms with E-state index in [9.17, 15) is 9.59 Å². The summed E-state index contributed by atoms with van der Waals surface area (Å²) in [7, 11) is 2.99. The van der Waals surface area contributed by atoms with Gasteiger partial charge in [-0.2, -0.15) is 0 Å². The molecule has 1 aromatic carbocycles. The molecule has 0 aromatic heterocycles. The van der Waals surface area contributed by atoms with Crippen molar-refractivity contribution in [3.8, 4) is 11.5 Å². The smallest absolute Gasteiger partial charge is 0.342 e. The first-order valence-electron chi connectivity index (χ1n) is 8.64. The van der Waals surface area contributed by atoms with Crippen LogP contribution in [0.25, 0.3) is 0 Å². The van der Waals surface area contributed by atoms with Crippen LogP contribution in [0.2, 0.25) is 0 Å². The number of benzene rings is 1. The van der Waals surface area contributed by atoms with E-state index in [0.29, 0.717) is 11.5 Å². The predicted octanol–water partition coefficient (Wildman–Crippen LogP) is 3.04. The van der Waals surface area contributed by atoms with E-state index in [-0.39, 0.29) is 23.6 Å². The van der Waals surface area contributed by atoms with Crippen LogP contribution in [0, 0.1) is 0 Å². The molecular formula is C19H27NO5. The summed E-state index contributed by atoms with van der Waals surface area (Å²) in [5, 5.41) is 0. The summed E-state index contributed by atoms with van der Waals surface area (Å²) in [6.07, 6.45) is 2.20. The van der Waals surface area contributed by atoms with E-state index in [1.54, 1.807) is 25.1 Å². The lowest BCUT2D eigenvalue weighted by Gasteiger charge is -2.40. The lowest BCUT2D eigenvalue weighted by atomic mass is 9.97. The molecule has 2 rings (SSSR count). The Morgan fingerprint density at radius 1 is 1.12 bits per heavy atom. The van der Waals surface area contributed by atoms with E-state index in [0.717, 1.165) is 19.3 Å². The Morgan fingerprint density at radius 2 is 1.76 bits per heavy atom. The van der Waals surface area contributed by atoms with Crippen LogP contribution in [0.15, 0.2) is 18.2 Å². The molecule has 1 aromatic rings. The van der Waals surface area contributed by atoms with Gasteiger partial charge < -0.3 is 19.1 Å². The van der Waals surface area contributed by atoms with Gasteiger partial charge in [-0.3, -0.25) is 4.79 Å². The van der Waals surface area contributed by atoms with Gasteiger partial charge in [-0.1, -0.05) is 0 Å². The van der Waals surface area contributed by atoms with Crippen molar-refractivity contribution < 1.29 is 23.8 Å². The van der Waals surface area contributed by atoms with Crippen LogP contribution < -0.4 is 9.47 Å². The second-order valence-corrected chi connectivity index (χ2v) is 6.49. The Morgan fingerprint density at radius 3 is 2.32 bits per heavy atom. The maximum Gasteiger partial charge on any atom is 0.342 e. The van der Waals surface area contributed by atoms with E-state index in [4.69, 9.17) is 14.2 Å². The molecule has 6 heteroatoms. The molecule has 3 atom stereocenters. The number of hydrogen-bond acceptors (Lipinski definition) is 5. The number of carbonyl (C=O) groups is 2. The van der Waals surface area contributed by atoms with Crippen LogP contribution in [0.4, 0.5) is 0 Å². The number of carbonyl (C=O) groups excluding carboxylic acids is 2. The van der Waals surface area contributed by atoms with Crippen LogP contribution in [-0.4, -0.2) is 49.2 Å². The molecule has 1 aliphatic heterocycles. The Labute approximate surface area is 149 Å². The van der Waals surface area contributed by atoms with Gasteiger partial charge in [0.1, 0.15) is 17.1 Å². The summed E-state index contributed by atoms with van der Waals surface area (Å²) in [6.45, 7) is 5.68. The predicted molar refractivity (Wildman–Crippen MR) is 94.0 cm³/mol. The third kappa shape index (κ3) is 4.24. The Balaban J connectivity index is 2.13. The van der Waals surface area contributed by atoms with Gasteiger partial charge in [0.25, 0.3) is 5.91 Å². The molecule has 0 N–H and O–H groups in total. The molecule has 0 saturated carbocycles. The molecule has 0 radical (unpaired) electrons. The van der Waals surface area contributed by atoms with Gasteiger partial charge in [0.2, 0.25) is 0 Å². The molecule has 1 amide bonds. The van der Waals surface area contributed by atoms with Gasteiger partial charge in [0.15, 0.2) is 6.10 Å². The maximum absolute atomic E-state index is 12.8. The third-order valence-corrected chi connectivity index (χ3v) is 4.71. The quantitative estimate of drug-likeness (QED) is 0.765. The van der Waals surface area contributed by atoms with Crippen molar-refractivity contribution in [2.24, 2.45) is 0 Å². The average Bonchev–Trinajstić information content (AvgIpc) is 2.60. The Hall–Kier alpha value is -2.24. The van der Waals surface area contributed by atoms with E-state index in [1.807, 2.05) is 18.7 Å². The fourth-order valence-electron chi connectivity index (χ4n) is 3.31. The van der Waals surface area contributed by atoms with Crippen molar-refractivity contribution in [3.05, 3.63) is 23.8 Å². The number of piperidine rings is 1. The first-order chi connectivity index (χ1) is 11.9. The molecular weight excluding hydrogens is 322 g/mol. The SMILES string of the molecule is COc1ccc(OC)c(C(=O)O[C@H](C)C(=O)N2[C@H](C)CCC[C@H]2C)c1. The molecule has 0 aliphatic carbocycles. The normalized spacial score (nSPS) is 21.4. The lowest BCUT2D eigenvalue weighted by Crippen LogP contribution is -2.51. The second kappa shape index (κ2) is 8.23. The topological polar surface area (TPSA) is 65.1 Å². The minimum Gasteiger partial charge on any atom is -0.497 e. The van der Waals surface area contributed by atoms with Gasteiger partial charge >= 0.3 is 5.97 Å². The van der Waals surface area contributed by atoms with E-state index < -0.39 is 12.1 Å². The highest BCUT2D eigenvalue weighted by atomic mass is 16.5. The van der Waals surface area contributed by atoms with E-state index >= 15 is 0 Å². The zero-order valence-electron chi connectivity index (χ0n) is 15.6. The highest BCUT2D eigenvalue weighted by molar-refractivity contribution is 5.95. The summed E-state index contributed by atoms with van der Waals surface area (Å²) in [6, 6.07) is 5.19. The molecule has 1 aliphatic rings. The number of rotatable bonds is 5. The van der Waals surface area contributed by atoms with Gasteiger partial charge in [-0.15, -0.1) is 0 Å². The first kappa shape index (κ1) is 19.1. The number of nitrogens with zero attached hydrogens (tertiary/aromatic N) is 1. The fraction of sp³-hybridized carbons (Fsp3) is 0.579. The second-order valence-electron chi connectivity index (χ2n) is 6.49. The molecule has 0 unspecified atom stereocenters. The molecule has 1 saturated heterocycles. The van der Waals surface area contributed by atoms with Crippen LogP contribution >= 0.6 is 0 Å². The van der Waals surface area contributed by atoms with Crippen molar-refractivity contribution >= 4 is 11.9 Å². The molecule has 25 heavy (non-hydrogen) atoms. The summed E-state index contributed by atoms with van der Waals surface area (Å²) >= 11 is 0. The highest BCUT2D eigenvalue weighted by Gasteiger charge is 2.33. The standard InChI is InChI=1S/C19H27NO5/c1-12-7-6-8-13(2)20(12)18(21)14(3)25-19(22)16-11-15(23-4)9-10-17(16)24-5/h9-14H,6-8H2,1-5H3/t12-,13-,14-/m1/s1. The van der Waals surface area contributed by atoms with Crippen molar-refractivity contribution in [2.45, 2.75) is 58.2 Å². The van der Waals surface area contributed by atoms with Gasteiger partial charge in [-0.25, -0.2) is 4.79 Å². The molecule has 0 spiro atoms. The van der Waals surface area contributed by atoms with Gasteiger partial charge in [-0.05, 0) is 58.2 Å². The maximum atomic E-state index is 12.8. The number of hydrogen-bond donors (Lipinski definition) is 0. The molecule has 1 fully saturated rings. The Kier molecular flexibility index (Phi) is 6.28. The van der Waals surface area contributed by atoms with Gasteiger partial charge in [0.05, 0.1) is 14.2 Å². The van der Waals surface area contributed by atoms with Crippen LogP contribution in [-0.2, 0) is 9.53 Å². The van der Waals surface area contributed by atoms with Crippen LogP contribution in [0.3, 0.4) is 0 Å². The van der Waals surface area contributed by atoms with Crippen molar-refractivity contribution in [3.63, 3.8) is 0 Å². The summed E-state index contributed by atoms with van der Waals surface area (Å²) in [4.78, 5) is 27.1.